The number of carboxylic acid groups (broad SMARTS) is 1. The van der Waals surface area contributed by atoms with Gasteiger partial charge in [0.25, 0.3) is 0 Å². The number of aryl methyl sites for hydroxylation is 1. The second kappa shape index (κ2) is 6.41. The molecular formula is C15H20N2O3. The van der Waals surface area contributed by atoms with E-state index in [0.29, 0.717) is 26.1 Å². The minimum Gasteiger partial charge on any atom is -0.481 e. The lowest BCUT2D eigenvalue weighted by Crippen LogP contribution is -2.46. The summed E-state index contributed by atoms with van der Waals surface area (Å²) in [6.07, 6.45) is 1.39. The zero-order chi connectivity index (χ0) is 14.5. The molecule has 0 radical (unpaired) electrons. The van der Waals surface area contributed by atoms with Crippen molar-refractivity contribution in [2.45, 2.75) is 26.3 Å². The number of rotatable bonds is 3. The summed E-state index contributed by atoms with van der Waals surface area (Å²) in [6, 6.07) is 7.70. The fourth-order valence-electron chi connectivity index (χ4n) is 2.45. The normalized spacial score (nSPS) is 18.6. The molecule has 2 N–H and O–H groups in total. The minimum atomic E-state index is -0.818. The van der Waals surface area contributed by atoms with E-state index in [9.17, 15) is 9.59 Å². The van der Waals surface area contributed by atoms with E-state index in [1.165, 1.54) is 0 Å². The maximum absolute atomic E-state index is 12.1. The van der Waals surface area contributed by atoms with Crippen LogP contribution in [0.3, 0.4) is 0 Å². The number of carbonyl (C=O) groups is 2. The summed E-state index contributed by atoms with van der Waals surface area (Å²) in [5.74, 6) is -1.26. The summed E-state index contributed by atoms with van der Waals surface area (Å²) in [5.41, 5.74) is 2.21. The van der Waals surface area contributed by atoms with Gasteiger partial charge in [-0.3, -0.25) is 4.79 Å². The Hall–Kier alpha value is -2.04. The first-order chi connectivity index (χ1) is 9.58. The molecule has 1 aromatic carbocycles. The quantitative estimate of drug-likeness (QED) is 0.887. The predicted octanol–water partition coefficient (Wildman–Crippen LogP) is 2.00. The van der Waals surface area contributed by atoms with Crippen LogP contribution in [0.2, 0.25) is 0 Å². The number of hydrogen-bond donors (Lipinski definition) is 2. The van der Waals surface area contributed by atoms with Crippen LogP contribution in [0.25, 0.3) is 0 Å². The Balaban J connectivity index is 1.89. The van der Waals surface area contributed by atoms with Crippen molar-refractivity contribution in [2.75, 3.05) is 13.1 Å². The second-order valence-corrected chi connectivity index (χ2v) is 5.21. The SMILES string of the molecule is Cc1ccccc1CNC(=O)N1CCC[C@@H](C(=O)O)C1. The van der Waals surface area contributed by atoms with Gasteiger partial charge in [-0.05, 0) is 30.9 Å². The molecule has 1 aliphatic heterocycles. The van der Waals surface area contributed by atoms with Crippen LogP contribution in [0.5, 0.6) is 0 Å². The summed E-state index contributed by atoms with van der Waals surface area (Å²) >= 11 is 0. The highest BCUT2D eigenvalue weighted by molar-refractivity contribution is 5.76. The Kier molecular flexibility index (Phi) is 4.61. The molecule has 0 aliphatic carbocycles. The van der Waals surface area contributed by atoms with Crippen LogP contribution in [0, 0.1) is 12.8 Å². The van der Waals surface area contributed by atoms with Gasteiger partial charge in [0.05, 0.1) is 5.92 Å². The number of amides is 2. The number of benzene rings is 1. The molecule has 1 fully saturated rings. The Labute approximate surface area is 118 Å². The van der Waals surface area contributed by atoms with Crippen LogP contribution < -0.4 is 5.32 Å². The molecule has 0 bridgehead atoms. The Morgan fingerprint density at radius 2 is 2.15 bits per heavy atom. The third-order valence-corrected chi connectivity index (χ3v) is 3.75. The van der Waals surface area contributed by atoms with Gasteiger partial charge in [0.1, 0.15) is 0 Å². The summed E-state index contributed by atoms with van der Waals surface area (Å²) in [5, 5.41) is 11.9. The fourth-order valence-corrected chi connectivity index (χ4v) is 2.45. The van der Waals surface area contributed by atoms with Crippen molar-refractivity contribution in [3.63, 3.8) is 0 Å². The molecule has 0 unspecified atom stereocenters. The van der Waals surface area contributed by atoms with Gasteiger partial charge in [-0.1, -0.05) is 24.3 Å². The van der Waals surface area contributed by atoms with Crippen LogP contribution in [0.4, 0.5) is 4.79 Å². The smallest absolute Gasteiger partial charge is 0.317 e. The van der Waals surface area contributed by atoms with Crippen LogP contribution in [0.15, 0.2) is 24.3 Å². The highest BCUT2D eigenvalue weighted by Gasteiger charge is 2.27. The lowest BCUT2D eigenvalue weighted by Gasteiger charge is -2.30. The van der Waals surface area contributed by atoms with Crippen molar-refractivity contribution in [3.05, 3.63) is 35.4 Å². The maximum atomic E-state index is 12.1. The topological polar surface area (TPSA) is 69.6 Å². The first kappa shape index (κ1) is 14.4. The number of hydrogen-bond acceptors (Lipinski definition) is 2. The molecule has 0 aromatic heterocycles. The third-order valence-electron chi connectivity index (χ3n) is 3.75. The van der Waals surface area contributed by atoms with E-state index in [1.807, 2.05) is 31.2 Å². The summed E-state index contributed by atoms with van der Waals surface area (Å²) < 4.78 is 0. The van der Waals surface area contributed by atoms with E-state index >= 15 is 0 Å². The number of carboxylic acids is 1. The minimum absolute atomic E-state index is 0.181. The molecule has 2 amide bonds. The van der Waals surface area contributed by atoms with Crippen LogP contribution in [-0.4, -0.2) is 35.1 Å². The van der Waals surface area contributed by atoms with Crippen molar-refractivity contribution in [1.29, 1.82) is 0 Å². The molecule has 0 saturated carbocycles. The zero-order valence-electron chi connectivity index (χ0n) is 11.6. The largest absolute Gasteiger partial charge is 0.481 e. The van der Waals surface area contributed by atoms with Gasteiger partial charge in [-0.2, -0.15) is 0 Å². The highest BCUT2D eigenvalue weighted by atomic mass is 16.4. The Bertz CT molecular complexity index is 502. The number of aliphatic carboxylic acids is 1. The number of urea groups is 1. The lowest BCUT2D eigenvalue weighted by atomic mass is 9.99. The van der Waals surface area contributed by atoms with Gasteiger partial charge in [0.2, 0.25) is 0 Å². The van der Waals surface area contributed by atoms with Gasteiger partial charge in [-0.25, -0.2) is 4.79 Å². The van der Waals surface area contributed by atoms with Crippen molar-refractivity contribution < 1.29 is 14.7 Å². The van der Waals surface area contributed by atoms with Gasteiger partial charge in [0.15, 0.2) is 0 Å². The van der Waals surface area contributed by atoms with Crippen molar-refractivity contribution in [1.82, 2.24) is 10.2 Å². The Morgan fingerprint density at radius 1 is 1.40 bits per heavy atom. The molecule has 1 heterocycles. The molecular weight excluding hydrogens is 256 g/mol. The molecule has 1 aromatic rings. The molecule has 1 saturated heterocycles. The molecule has 5 heteroatoms. The number of nitrogens with zero attached hydrogens (tertiary/aromatic N) is 1. The van der Waals surface area contributed by atoms with E-state index < -0.39 is 11.9 Å². The number of nitrogens with one attached hydrogen (secondary N) is 1. The molecule has 5 nitrogen and oxygen atoms in total. The molecule has 0 spiro atoms. The molecule has 2 rings (SSSR count). The van der Waals surface area contributed by atoms with Crippen molar-refractivity contribution in [2.24, 2.45) is 5.92 Å². The van der Waals surface area contributed by atoms with E-state index in [1.54, 1.807) is 4.90 Å². The standard InChI is InChI=1S/C15H20N2O3/c1-11-5-2-3-6-12(11)9-16-15(20)17-8-4-7-13(10-17)14(18)19/h2-3,5-6,13H,4,7-10H2,1H3,(H,16,20)(H,18,19)/t13-/m1/s1. The average molecular weight is 276 g/mol. The summed E-state index contributed by atoms with van der Waals surface area (Å²) in [4.78, 5) is 24.7. The second-order valence-electron chi connectivity index (χ2n) is 5.21. The van der Waals surface area contributed by atoms with Crippen molar-refractivity contribution >= 4 is 12.0 Å². The summed E-state index contributed by atoms with van der Waals surface area (Å²) in [7, 11) is 0. The van der Waals surface area contributed by atoms with E-state index in [2.05, 4.69) is 5.32 Å². The van der Waals surface area contributed by atoms with Crippen LogP contribution in [-0.2, 0) is 11.3 Å². The first-order valence-corrected chi connectivity index (χ1v) is 6.88. The lowest BCUT2D eigenvalue weighted by molar-refractivity contribution is -0.143. The zero-order valence-corrected chi connectivity index (χ0v) is 11.6. The number of likely N-dealkylation sites (tertiary alicyclic amines) is 1. The molecule has 20 heavy (non-hydrogen) atoms. The van der Waals surface area contributed by atoms with Crippen LogP contribution >= 0.6 is 0 Å². The monoisotopic (exact) mass is 276 g/mol. The number of carbonyl (C=O) groups excluding carboxylic acids is 1. The maximum Gasteiger partial charge on any atom is 0.317 e. The third kappa shape index (κ3) is 3.50. The molecule has 1 atom stereocenters. The van der Waals surface area contributed by atoms with E-state index in [0.717, 1.165) is 17.5 Å². The highest BCUT2D eigenvalue weighted by Crippen LogP contribution is 2.16. The molecule has 1 aliphatic rings. The average Bonchev–Trinajstić information content (AvgIpc) is 2.46. The molecule has 108 valence electrons. The van der Waals surface area contributed by atoms with Crippen molar-refractivity contribution in [3.8, 4) is 0 Å². The van der Waals surface area contributed by atoms with Gasteiger partial charge in [-0.15, -0.1) is 0 Å². The number of piperidine rings is 1. The summed E-state index contributed by atoms with van der Waals surface area (Å²) in [6.45, 7) is 3.40. The van der Waals surface area contributed by atoms with Gasteiger partial charge in [0, 0.05) is 19.6 Å². The van der Waals surface area contributed by atoms with E-state index in [4.69, 9.17) is 5.11 Å². The fraction of sp³-hybridized carbons (Fsp3) is 0.467. The van der Waals surface area contributed by atoms with Crippen LogP contribution in [0.1, 0.15) is 24.0 Å². The first-order valence-electron chi connectivity index (χ1n) is 6.88. The Morgan fingerprint density at radius 3 is 2.85 bits per heavy atom. The van der Waals surface area contributed by atoms with Gasteiger partial charge >= 0.3 is 12.0 Å². The predicted molar refractivity (Wildman–Crippen MR) is 75.3 cm³/mol. The van der Waals surface area contributed by atoms with Gasteiger partial charge < -0.3 is 15.3 Å². The van der Waals surface area contributed by atoms with E-state index in [-0.39, 0.29) is 6.03 Å².